The predicted molar refractivity (Wildman–Crippen MR) is 75.8 cm³/mol. The molecule has 5 nitrogen and oxygen atoms in total. The second-order valence-electron chi connectivity index (χ2n) is 5.44. The Morgan fingerprint density at radius 1 is 1.53 bits per heavy atom. The van der Waals surface area contributed by atoms with Crippen LogP contribution in [0.3, 0.4) is 0 Å². The van der Waals surface area contributed by atoms with Crippen molar-refractivity contribution in [3.63, 3.8) is 0 Å². The molecule has 3 atom stereocenters. The van der Waals surface area contributed by atoms with Crippen LogP contribution < -0.4 is 15.8 Å². The lowest BCUT2D eigenvalue weighted by molar-refractivity contribution is 0.471. The average Bonchev–Trinajstić information content (AvgIpc) is 2.97. The Labute approximate surface area is 117 Å². The van der Waals surface area contributed by atoms with Gasteiger partial charge in [-0.15, -0.1) is 0 Å². The molecule has 0 aliphatic carbocycles. The van der Waals surface area contributed by atoms with Gasteiger partial charge < -0.3 is 10.2 Å². The fraction of sp³-hybridized carbons (Fsp3) is 0.692. The quantitative estimate of drug-likeness (QED) is 0.878. The molecule has 0 saturated carbocycles. The van der Waals surface area contributed by atoms with Crippen molar-refractivity contribution in [1.29, 1.82) is 0 Å². The fourth-order valence-corrected chi connectivity index (χ4v) is 3.62. The zero-order valence-corrected chi connectivity index (χ0v) is 12.0. The number of aryl methyl sites for hydroxylation is 1. The summed E-state index contributed by atoms with van der Waals surface area (Å²) < 4.78 is 1.40. The Hall–Kier alpha value is -1.07. The van der Waals surface area contributed by atoms with Crippen molar-refractivity contribution in [3.8, 4) is 0 Å². The minimum Gasteiger partial charge on any atom is -0.365 e. The summed E-state index contributed by atoms with van der Waals surface area (Å²) in [5.41, 5.74) is 0.599. The number of hydrogen-bond donors (Lipinski definition) is 1. The molecule has 19 heavy (non-hydrogen) atoms. The predicted octanol–water partition coefficient (Wildman–Crippen LogP) is 0.961. The van der Waals surface area contributed by atoms with Gasteiger partial charge in [-0.05, 0) is 25.7 Å². The molecule has 0 bridgehead atoms. The zero-order chi connectivity index (χ0) is 13.6. The van der Waals surface area contributed by atoms with Crippen LogP contribution in [0.5, 0.6) is 0 Å². The molecule has 0 spiro atoms. The van der Waals surface area contributed by atoms with E-state index >= 15 is 0 Å². The van der Waals surface area contributed by atoms with Gasteiger partial charge in [0.05, 0.1) is 11.9 Å². The van der Waals surface area contributed by atoms with Gasteiger partial charge in [-0.25, -0.2) is 4.68 Å². The van der Waals surface area contributed by atoms with Crippen LogP contribution in [-0.2, 0) is 6.54 Å². The third-order valence-corrected chi connectivity index (χ3v) is 4.87. The van der Waals surface area contributed by atoms with Gasteiger partial charge >= 0.3 is 0 Å². The number of rotatable bonds is 2. The fourth-order valence-electron chi connectivity index (χ4n) is 3.37. The van der Waals surface area contributed by atoms with E-state index in [0.29, 0.717) is 29.4 Å². The number of fused-ring (bicyclic) bond motifs is 1. The zero-order valence-electron chi connectivity index (χ0n) is 11.3. The van der Waals surface area contributed by atoms with Crippen molar-refractivity contribution >= 4 is 17.3 Å². The molecule has 3 rings (SSSR count). The molecule has 2 aliphatic heterocycles. The van der Waals surface area contributed by atoms with Gasteiger partial charge in [0, 0.05) is 32.2 Å². The molecule has 1 aromatic rings. The van der Waals surface area contributed by atoms with E-state index in [1.807, 2.05) is 6.92 Å². The van der Waals surface area contributed by atoms with Gasteiger partial charge in [-0.3, -0.25) is 4.79 Å². The molecular formula is C13H19ClN4O. The van der Waals surface area contributed by atoms with Crippen LogP contribution in [0.15, 0.2) is 11.0 Å². The third kappa shape index (κ3) is 1.96. The molecule has 6 heteroatoms. The molecule has 1 N–H and O–H groups in total. The first-order valence-electron chi connectivity index (χ1n) is 6.86. The first-order chi connectivity index (χ1) is 9.13. The standard InChI is InChI=1S/C13H19ClN4O/c1-3-18-13(19)12(14)11(6-16-18)17-7-9-4-15-5-10(9)8(17)2/h6,8-10,15H,3-5,7H2,1-2H3. The van der Waals surface area contributed by atoms with Gasteiger partial charge in [0.25, 0.3) is 5.56 Å². The second-order valence-corrected chi connectivity index (χ2v) is 5.82. The van der Waals surface area contributed by atoms with E-state index in [-0.39, 0.29) is 5.56 Å². The smallest absolute Gasteiger partial charge is 0.287 e. The Morgan fingerprint density at radius 3 is 3.00 bits per heavy atom. The van der Waals surface area contributed by atoms with Gasteiger partial charge in [0.15, 0.2) is 0 Å². The topological polar surface area (TPSA) is 50.2 Å². The maximum Gasteiger partial charge on any atom is 0.287 e. The van der Waals surface area contributed by atoms with Crippen molar-refractivity contribution in [2.24, 2.45) is 11.8 Å². The summed E-state index contributed by atoms with van der Waals surface area (Å²) in [5, 5.41) is 7.93. The lowest BCUT2D eigenvalue weighted by Crippen LogP contribution is -2.35. The molecule has 0 amide bonds. The van der Waals surface area contributed by atoms with E-state index < -0.39 is 0 Å². The average molecular weight is 283 g/mol. The minimum absolute atomic E-state index is 0.191. The SMILES string of the molecule is CCn1ncc(N2CC3CNCC3C2C)c(Cl)c1=O. The molecule has 3 unspecified atom stereocenters. The molecule has 0 radical (unpaired) electrons. The monoisotopic (exact) mass is 282 g/mol. The molecule has 2 saturated heterocycles. The molecule has 0 aromatic carbocycles. The number of aromatic nitrogens is 2. The molecular weight excluding hydrogens is 264 g/mol. The van der Waals surface area contributed by atoms with E-state index in [1.54, 1.807) is 6.20 Å². The van der Waals surface area contributed by atoms with E-state index in [2.05, 4.69) is 22.2 Å². The summed E-state index contributed by atoms with van der Waals surface area (Å²) in [6.07, 6.45) is 1.73. The molecule has 2 fully saturated rings. The number of nitrogens with one attached hydrogen (secondary N) is 1. The van der Waals surface area contributed by atoms with Crippen molar-refractivity contribution in [1.82, 2.24) is 15.1 Å². The highest BCUT2D eigenvalue weighted by atomic mass is 35.5. The van der Waals surface area contributed by atoms with E-state index in [0.717, 1.165) is 25.3 Å². The van der Waals surface area contributed by atoms with Crippen LogP contribution in [-0.4, -0.2) is 35.5 Å². The summed E-state index contributed by atoms with van der Waals surface area (Å²) in [5.74, 6) is 1.30. The van der Waals surface area contributed by atoms with Gasteiger partial charge in [-0.1, -0.05) is 11.6 Å². The van der Waals surface area contributed by atoms with Crippen molar-refractivity contribution < 1.29 is 0 Å². The lowest BCUT2D eigenvalue weighted by atomic mass is 9.95. The van der Waals surface area contributed by atoms with Crippen molar-refractivity contribution in [3.05, 3.63) is 21.6 Å². The summed E-state index contributed by atoms with van der Waals surface area (Å²) in [4.78, 5) is 14.3. The summed E-state index contributed by atoms with van der Waals surface area (Å²) in [7, 11) is 0. The maximum atomic E-state index is 12.1. The van der Waals surface area contributed by atoms with E-state index in [1.165, 1.54) is 4.68 Å². The molecule has 3 heterocycles. The Balaban J connectivity index is 1.95. The van der Waals surface area contributed by atoms with Crippen LogP contribution >= 0.6 is 11.6 Å². The first-order valence-corrected chi connectivity index (χ1v) is 7.24. The van der Waals surface area contributed by atoms with Crippen LogP contribution in [0.2, 0.25) is 5.02 Å². The van der Waals surface area contributed by atoms with E-state index in [9.17, 15) is 4.79 Å². The summed E-state index contributed by atoms with van der Waals surface area (Å²) >= 11 is 6.25. The Kier molecular flexibility index (Phi) is 3.27. The van der Waals surface area contributed by atoms with E-state index in [4.69, 9.17) is 11.6 Å². The third-order valence-electron chi connectivity index (χ3n) is 4.51. The molecule has 104 valence electrons. The highest BCUT2D eigenvalue weighted by Gasteiger charge is 2.42. The number of nitrogens with zero attached hydrogens (tertiary/aromatic N) is 3. The maximum absolute atomic E-state index is 12.1. The van der Waals surface area contributed by atoms with Crippen LogP contribution in [0.1, 0.15) is 13.8 Å². The Bertz CT molecular complexity index is 544. The largest absolute Gasteiger partial charge is 0.365 e. The van der Waals surface area contributed by atoms with Gasteiger partial charge in [0.1, 0.15) is 5.02 Å². The minimum atomic E-state index is -0.191. The molecule has 2 aliphatic rings. The number of halogens is 1. The van der Waals surface area contributed by atoms with Crippen LogP contribution in [0, 0.1) is 11.8 Å². The Morgan fingerprint density at radius 2 is 2.32 bits per heavy atom. The first kappa shape index (κ1) is 12.9. The highest BCUT2D eigenvalue weighted by Crippen LogP contribution is 2.37. The lowest BCUT2D eigenvalue weighted by Gasteiger charge is -2.27. The van der Waals surface area contributed by atoms with Crippen molar-refractivity contribution in [2.45, 2.75) is 26.4 Å². The van der Waals surface area contributed by atoms with Crippen LogP contribution in [0.25, 0.3) is 0 Å². The second kappa shape index (κ2) is 4.80. The van der Waals surface area contributed by atoms with Gasteiger partial charge in [0.2, 0.25) is 0 Å². The van der Waals surface area contributed by atoms with Crippen LogP contribution in [0.4, 0.5) is 5.69 Å². The van der Waals surface area contributed by atoms with Crippen molar-refractivity contribution in [2.75, 3.05) is 24.5 Å². The normalized spacial score (nSPS) is 29.8. The number of hydrogen-bond acceptors (Lipinski definition) is 4. The highest BCUT2D eigenvalue weighted by molar-refractivity contribution is 6.33. The summed E-state index contributed by atoms with van der Waals surface area (Å²) in [6, 6.07) is 0.399. The van der Waals surface area contributed by atoms with Gasteiger partial charge in [-0.2, -0.15) is 5.10 Å². The molecule has 1 aromatic heterocycles. The summed E-state index contributed by atoms with van der Waals surface area (Å²) in [6.45, 7) is 7.71. The number of anilines is 1.